The number of thiazole rings is 1. The zero-order valence-corrected chi connectivity index (χ0v) is 16.0. The number of anilines is 1. The molecule has 0 unspecified atom stereocenters. The van der Waals surface area contributed by atoms with E-state index in [1.165, 1.54) is 6.92 Å². The average Bonchev–Trinajstić information content (AvgIpc) is 2.91. The van der Waals surface area contributed by atoms with Crippen LogP contribution in [0.1, 0.15) is 34.8 Å². The molecule has 0 fully saturated rings. The number of rotatable bonds is 6. The Morgan fingerprint density at radius 3 is 2.67 bits per heavy atom. The summed E-state index contributed by atoms with van der Waals surface area (Å²) in [4.78, 5) is 50.9. The Morgan fingerprint density at radius 2 is 2.07 bits per heavy atom. The van der Waals surface area contributed by atoms with E-state index in [4.69, 9.17) is 4.74 Å². The average molecular weight is 394 g/mol. The van der Waals surface area contributed by atoms with E-state index in [2.05, 4.69) is 10.3 Å². The first-order valence-electron chi connectivity index (χ1n) is 7.92. The smallest absolute Gasteiger partial charge is 0.350 e. The van der Waals surface area contributed by atoms with Crippen molar-refractivity contribution in [2.45, 2.75) is 40.3 Å². The molecule has 0 atom stereocenters. The largest absolute Gasteiger partial charge is 0.459 e. The van der Waals surface area contributed by atoms with Crippen LogP contribution in [0.4, 0.5) is 10.8 Å². The maximum atomic E-state index is 12.2. The van der Waals surface area contributed by atoms with E-state index in [0.29, 0.717) is 5.69 Å². The van der Waals surface area contributed by atoms with Crippen LogP contribution in [0.2, 0.25) is 0 Å². The Balaban J connectivity index is 2.16. The Morgan fingerprint density at radius 1 is 1.41 bits per heavy atom. The molecule has 2 aromatic heterocycles. The van der Waals surface area contributed by atoms with Gasteiger partial charge in [-0.15, -0.1) is 0 Å². The molecule has 0 radical (unpaired) electrons. The van der Waals surface area contributed by atoms with E-state index in [1.807, 2.05) is 0 Å². The molecule has 0 saturated carbocycles. The third-order valence-corrected chi connectivity index (χ3v) is 4.40. The number of ether oxygens (including phenoxy) is 1. The van der Waals surface area contributed by atoms with Gasteiger partial charge in [0.1, 0.15) is 11.4 Å². The number of pyridine rings is 1. The van der Waals surface area contributed by atoms with Crippen molar-refractivity contribution in [1.29, 1.82) is 0 Å². The van der Waals surface area contributed by atoms with Crippen LogP contribution in [-0.4, -0.2) is 32.5 Å². The van der Waals surface area contributed by atoms with Crippen LogP contribution in [0.15, 0.2) is 17.1 Å². The van der Waals surface area contributed by atoms with Gasteiger partial charge in [0.05, 0.1) is 22.9 Å². The highest BCUT2D eigenvalue weighted by Crippen LogP contribution is 2.23. The van der Waals surface area contributed by atoms with Crippen LogP contribution < -0.4 is 10.9 Å². The standard InChI is InChI=1S/C16H18N4O6S/c1-8(2)26-15(23)13-10(4)17-16(27-13)18-12(21)7-19-6-11(20(24)25)5-9(3)14(19)22/h5-6,8H,7H2,1-4H3,(H,17,18,21). The molecule has 11 heteroatoms. The lowest BCUT2D eigenvalue weighted by Gasteiger charge is -2.06. The van der Waals surface area contributed by atoms with Gasteiger partial charge in [0.25, 0.3) is 11.2 Å². The van der Waals surface area contributed by atoms with E-state index in [-0.39, 0.29) is 27.4 Å². The third-order valence-electron chi connectivity index (χ3n) is 3.35. The minimum absolute atomic E-state index is 0.154. The van der Waals surface area contributed by atoms with E-state index >= 15 is 0 Å². The molecule has 10 nitrogen and oxygen atoms in total. The van der Waals surface area contributed by atoms with Gasteiger partial charge in [-0.1, -0.05) is 11.3 Å². The second-order valence-electron chi connectivity index (χ2n) is 6.01. The van der Waals surface area contributed by atoms with Crippen molar-refractivity contribution in [2.24, 2.45) is 0 Å². The maximum absolute atomic E-state index is 12.2. The zero-order chi connectivity index (χ0) is 20.3. The number of carbonyl (C=O) groups is 2. The molecule has 2 heterocycles. The zero-order valence-electron chi connectivity index (χ0n) is 15.1. The van der Waals surface area contributed by atoms with Gasteiger partial charge in [-0.3, -0.25) is 24.3 Å². The van der Waals surface area contributed by atoms with Crippen molar-refractivity contribution < 1.29 is 19.2 Å². The summed E-state index contributed by atoms with van der Waals surface area (Å²) in [5.41, 5.74) is -0.235. The second-order valence-corrected chi connectivity index (χ2v) is 7.01. The van der Waals surface area contributed by atoms with Gasteiger partial charge in [0.15, 0.2) is 5.13 Å². The number of hydrogen-bond acceptors (Lipinski definition) is 8. The summed E-state index contributed by atoms with van der Waals surface area (Å²) in [6.07, 6.45) is 0.717. The molecule has 0 aliphatic rings. The lowest BCUT2D eigenvalue weighted by molar-refractivity contribution is -0.385. The number of amides is 1. The van der Waals surface area contributed by atoms with Crippen molar-refractivity contribution in [3.05, 3.63) is 48.9 Å². The minimum Gasteiger partial charge on any atom is -0.459 e. The molecule has 0 aliphatic carbocycles. The molecule has 0 saturated heterocycles. The number of aryl methyl sites for hydroxylation is 2. The molecule has 2 aromatic rings. The summed E-state index contributed by atoms with van der Waals surface area (Å²) >= 11 is 0.951. The van der Waals surface area contributed by atoms with Crippen molar-refractivity contribution >= 4 is 34.0 Å². The molecule has 0 bridgehead atoms. The Kier molecular flexibility index (Phi) is 6.05. The number of nitro groups is 1. The van der Waals surface area contributed by atoms with E-state index in [0.717, 1.165) is 28.2 Å². The van der Waals surface area contributed by atoms with Crippen LogP contribution in [0.25, 0.3) is 0 Å². The van der Waals surface area contributed by atoms with Crippen LogP contribution in [0, 0.1) is 24.0 Å². The molecule has 144 valence electrons. The van der Waals surface area contributed by atoms with Gasteiger partial charge in [-0.05, 0) is 27.7 Å². The first-order valence-corrected chi connectivity index (χ1v) is 8.74. The van der Waals surface area contributed by atoms with Gasteiger partial charge in [0, 0.05) is 11.6 Å². The van der Waals surface area contributed by atoms with E-state index in [9.17, 15) is 24.5 Å². The summed E-state index contributed by atoms with van der Waals surface area (Å²) in [5.74, 6) is -1.14. The van der Waals surface area contributed by atoms with Crippen LogP contribution in [0.5, 0.6) is 0 Å². The molecule has 2 rings (SSSR count). The van der Waals surface area contributed by atoms with Gasteiger partial charge in [-0.2, -0.15) is 0 Å². The predicted octanol–water partition coefficient (Wildman–Crippen LogP) is 2.03. The van der Waals surface area contributed by atoms with E-state index < -0.39 is 28.9 Å². The normalized spacial score (nSPS) is 10.7. The van der Waals surface area contributed by atoms with Gasteiger partial charge < -0.3 is 10.1 Å². The predicted molar refractivity (Wildman–Crippen MR) is 98.1 cm³/mol. The van der Waals surface area contributed by atoms with Crippen LogP contribution in [0.3, 0.4) is 0 Å². The first kappa shape index (κ1) is 20.2. The Labute approximate surface area is 157 Å². The number of esters is 1. The molecule has 1 N–H and O–H groups in total. The molecule has 27 heavy (non-hydrogen) atoms. The summed E-state index contributed by atoms with van der Waals surface area (Å²) in [6, 6.07) is 1.15. The summed E-state index contributed by atoms with van der Waals surface area (Å²) < 4.78 is 6.06. The summed E-state index contributed by atoms with van der Waals surface area (Å²) in [7, 11) is 0. The van der Waals surface area contributed by atoms with Crippen molar-refractivity contribution in [3.8, 4) is 0 Å². The molecule has 0 aliphatic heterocycles. The topological polar surface area (TPSA) is 133 Å². The SMILES string of the molecule is Cc1nc(NC(=O)Cn2cc([N+](=O)[O-])cc(C)c2=O)sc1C(=O)OC(C)C. The molecule has 0 spiro atoms. The van der Waals surface area contributed by atoms with Crippen molar-refractivity contribution in [3.63, 3.8) is 0 Å². The van der Waals surface area contributed by atoms with Crippen molar-refractivity contribution in [1.82, 2.24) is 9.55 Å². The number of nitrogens with one attached hydrogen (secondary N) is 1. The highest BCUT2D eigenvalue weighted by molar-refractivity contribution is 7.17. The van der Waals surface area contributed by atoms with Crippen molar-refractivity contribution in [2.75, 3.05) is 5.32 Å². The van der Waals surface area contributed by atoms with Gasteiger partial charge in [0.2, 0.25) is 5.91 Å². The van der Waals surface area contributed by atoms with E-state index in [1.54, 1.807) is 20.8 Å². The fraction of sp³-hybridized carbons (Fsp3) is 0.375. The number of hydrogen-bond donors (Lipinski definition) is 1. The molecule has 1 amide bonds. The number of carbonyl (C=O) groups excluding carboxylic acids is 2. The summed E-state index contributed by atoms with van der Waals surface area (Å²) in [6.45, 7) is 6.05. The second kappa shape index (κ2) is 8.08. The molecular weight excluding hydrogens is 376 g/mol. The molecule has 0 aromatic carbocycles. The maximum Gasteiger partial charge on any atom is 0.350 e. The monoisotopic (exact) mass is 394 g/mol. The highest BCUT2D eigenvalue weighted by atomic mass is 32.1. The minimum atomic E-state index is -0.641. The van der Waals surface area contributed by atoms with Crippen LogP contribution >= 0.6 is 11.3 Å². The van der Waals surface area contributed by atoms with Gasteiger partial charge in [-0.25, -0.2) is 9.78 Å². The number of nitrogens with zero attached hydrogens (tertiary/aromatic N) is 3. The van der Waals surface area contributed by atoms with Gasteiger partial charge >= 0.3 is 5.97 Å². The summed E-state index contributed by atoms with van der Waals surface area (Å²) in [5, 5.41) is 13.6. The number of aromatic nitrogens is 2. The van der Waals surface area contributed by atoms with Crippen LogP contribution in [-0.2, 0) is 16.1 Å². The highest BCUT2D eigenvalue weighted by Gasteiger charge is 2.19. The lowest BCUT2D eigenvalue weighted by Crippen LogP contribution is -2.28. The molecular formula is C16H18N4O6S. The quantitative estimate of drug-likeness (QED) is 0.450. The Hall–Kier alpha value is -3.08. The fourth-order valence-electron chi connectivity index (χ4n) is 2.20. The lowest BCUT2D eigenvalue weighted by atomic mass is 10.3. The Bertz CT molecular complexity index is 962. The first-order chi connectivity index (χ1) is 12.6. The fourth-order valence-corrected chi connectivity index (χ4v) is 3.07. The third kappa shape index (κ3) is 4.97.